The van der Waals surface area contributed by atoms with E-state index in [2.05, 4.69) is 16.0 Å². The quantitative estimate of drug-likeness (QED) is 0.142. The van der Waals surface area contributed by atoms with Gasteiger partial charge in [0.1, 0.15) is 18.1 Å². The molecule has 13 nitrogen and oxygen atoms in total. The van der Waals surface area contributed by atoms with E-state index in [1.807, 2.05) is 0 Å². The number of carboxylic acids is 1. The topological polar surface area (TPSA) is 234 Å². The van der Waals surface area contributed by atoms with E-state index >= 15 is 0 Å². The molecular weight excluding hydrogens is 438 g/mol. The standard InChI is InChI=1S/C20H29N5O8/c1-10(27)16(20(32)33)25-19(31)13(7-11-5-3-2-4-6-11)24-18(30)14(8-15(22)28)23-17(29)12(21)9-26/h2-6,10,12-14,16,26-27H,7-9,21H2,1H3,(H2,22,28)(H,23,29)(H,24,30)(H,25,31)(H,32,33). The lowest BCUT2D eigenvalue weighted by Crippen LogP contribution is -2.59. The number of aliphatic hydroxyl groups excluding tert-OH is 2. The van der Waals surface area contributed by atoms with Crippen molar-refractivity contribution in [3.8, 4) is 0 Å². The van der Waals surface area contributed by atoms with Crippen LogP contribution in [-0.4, -0.2) is 81.8 Å². The van der Waals surface area contributed by atoms with Gasteiger partial charge in [-0.15, -0.1) is 0 Å². The Labute approximate surface area is 189 Å². The molecule has 0 saturated heterocycles. The van der Waals surface area contributed by atoms with Gasteiger partial charge >= 0.3 is 5.97 Å². The molecule has 0 aromatic heterocycles. The van der Waals surface area contributed by atoms with Crippen molar-refractivity contribution in [1.82, 2.24) is 16.0 Å². The summed E-state index contributed by atoms with van der Waals surface area (Å²) in [6.07, 6.45) is -2.12. The number of carbonyl (C=O) groups is 5. The van der Waals surface area contributed by atoms with Crippen LogP contribution in [0.15, 0.2) is 30.3 Å². The van der Waals surface area contributed by atoms with Crippen LogP contribution in [-0.2, 0) is 30.4 Å². The Morgan fingerprint density at radius 3 is 1.97 bits per heavy atom. The lowest BCUT2D eigenvalue weighted by Gasteiger charge is -2.25. The smallest absolute Gasteiger partial charge is 0.328 e. The number of primary amides is 1. The average molecular weight is 467 g/mol. The summed E-state index contributed by atoms with van der Waals surface area (Å²) in [4.78, 5) is 60.3. The van der Waals surface area contributed by atoms with E-state index < -0.39 is 72.9 Å². The second kappa shape index (κ2) is 13.1. The van der Waals surface area contributed by atoms with Crippen molar-refractivity contribution in [1.29, 1.82) is 0 Å². The zero-order valence-corrected chi connectivity index (χ0v) is 17.9. The third kappa shape index (κ3) is 9.22. The molecule has 1 rings (SSSR count). The average Bonchev–Trinajstić information content (AvgIpc) is 2.75. The molecule has 5 unspecified atom stereocenters. The molecule has 10 N–H and O–H groups in total. The number of benzene rings is 1. The molecular formula is C20H29N5O8. The number of carboxylic acid groups (broad SMARTS) is 1. The summed E-state index contributed by atoms with van der Waals surface area (Å²) >= 11 is 0. The number of amides is 4. The Morgan fingerprint density at radius 1 is 0.939 bits per heavy atom. The summed E-state index contributed by atoms with van der Waals surface area (Å²) in [7, 11) is 0. The van der Waals surface area contributed by atoms with E-state index in [1.165, 1.54) is 6.92 Å². The number of hydrogen-bond acceptors (Lipinski definition) is 8. The first-order valence-electron chi connectivity index (χ1n) is 9.96. The van der Waals surface area contributed by atoms with Crippen LogP contribution in [0.1, 0.15) is 18.9 Å². The summed E-state index contributed by atoms with van der Waals surface area (Å²) in [5.41, 5.74) is 11.2. The SMILES string of the molecule is CC(O)C(NC(=O)C(Cc1ccccc1)NC(=O)C(CC(N)=O)NC(=O)C(N)CO)C(=O)O. The maximum Gasteiger partial charge on any atom is 0.328 e. The predicted octanol–water partition coefficient (Wildman–Crippen LogP) is -3.66. The van der Waals surface area contributed by atoms with E-state index in [1.54, 1.807) is 30.3 Å². The molecule has 0 aliphatic carbocycles. The fourth-order valence-electron chi connectivity index (χ4n) is 2.75. The molecule has 33 heavy (non-hydrogen) atoms. The highest BCUT2D eigenvalue weighted by molar-refractivity contribution is 5.96. The maximum atomic E-state index is 12.8. The van der Waals surface area contributed by atoms with Gasteiger partial charge in [-0.3, -0.25) is 19.2 Å². The van der Waals surface area contributed by atoms with Gasteiger partial charge in [0.05, 0.1) is 19.1 Å². The van der Waals surface area contributed by atoms with E-state index in [0.29, 0.717) is 5.56 Å². The van der Waals surface area contributed by atoms with Gasteiger partial charge in [-0.25, -0.2) is 4.79 Å². The van der Waals surface area contributed by atoms with Gasteiger partial charge in [0.25, 0.3) is 0 Å². The van der Waals surface area contributed by atoms with Crippen molar-refractivity contribution in [2.75, 3.05) is 6.61 Å². The minimum Gasteiger partial charge on any atom is -0.480 e. The highest BCUT2D eigenvalue weighted by atomic mass is 16.4. The summed E-state index contributed by atoms with van der Waals surface area (Å²) in [6.45, 7) is 0.457. The molecule has 13 heteroatoms. The van der Waals surface area contributed by atoms with Gasteiger partial charge in [-0.05, 0) is 12.5 Å². The van der Waals surface area contributed by atoms with Crippen molar-refractivity contribution < 1.29 is 39.3 Å². The van der Waals surface area contributed by atoms with Crippen LogP contribution in [0.4, 0.5) is 0 Å². The van der Waals surface area contributed by atoms with E-state index in [0.717, 1.165) is 0 Å². The molecule has 1 aromatic rings. The van der Waals surface area contributed by atoms with Crippen LogP contribution >= 0.6 is 0 Å². The molecule has 0 aliphatic rings. The second-order valence-electron chi connectivity index (χ2n) is 7.34. The molecule has 0 radical (unpaired) electrons. The molecule has 0 spiro atoms. The van der Waals surface area contributed by atoms with Gasteiger partial charge in [-0.2, -0.15) is 0 Å². The van der Waals surface area contributed by atoms with Crippen LogP contribution < -0.4 is 27.4 Å². The minimum atomic E-state index is -1.64. The molecule has 5 atom stereocenters. The van der Waals surface area contributed by atoms with Crippen LogP contribution in [0.2, 0.25) is 0 Å². The summed E-state index contributed by atoms with van der Waals surface area (Å²) < 4.78 is 0. The van der Waals surface area contributed by atoms with Gasteiger partial charge in [0.2, 0.25) is 23.6 Å². The Morgan fingerprint density at radius 2 is 1.48 bits per heavy atom. The minimum absolute atomic E-state index is 0.0715. The molecule has 0 heterocycles. The Hall–Kier alpha value is -3.55. The van der Waals surface area contributed by atoms with E-state index in [9.17, 15) is 34.2 Å². The van der Waals surface area contributed by atoms with Gasteiger partial charge in [-0.1, -0.05) is 30.3 Å². The predicted molar refractivity (Wildman–Crippen MR) is 114 cm³/mol. The number of nitrogens with one attached hydrogen (secondary N) is 3. The largest absolute Gasteiger partial charge is 0.480 e. The normalized spacial score (nSPS) is 15.3. The van der Waals surface area contributed by atoms with Crippen molar-refractivity contribution in [3.05, 3.63) is 35.9 Å². The first-order chi connectivity index (χ1) is 15.5. The zero-order valence-electron chi connectivity index (χ0n) is 17.9. The van der Waals surface area contributed by atoms with Gasteiger partial charge in [0.15, 0.2) is 6.04 Å². The van der Waals surface area contributed by atoms with Crippen molar-refractivity contribution in [3.63, 3.8) is 0 Å². The maximum absolute atomic E-state index is 12.8. The van der Waals surface area contributed by atoms with Crippen molar-refractivity contribution in [2.24, 2.45) is 11.5 Å². The van der Waals surface area contributed by atoms with Crippen LogP contribution in [0.3, 0.4) is 0 Å². The molecule has 0 fully saturated rings. The van der Waals surface area contributed by atoms with Gasteiger partial charge < -0.3 is 42.7 Å². The first-order valence-corrected chi connectivity index (χ1v) is 9.96. The molecule has 1 aromatic carbocycles. The van der Waals surface area contributed by atoms with Crippen molar-refractivity contribution in [2.45, 2.75) is 50.0 Å². The molecule has 0 bridgehead atoms. The monoisotopic (exact) mass is 467 g/mol. The Balaban J connectivity index is 3.12. The fraction of sp³-hybridized carbons (Fsp3) is 0.450. The van der Waals surface area contributed by atoms with E-state index in [-0.39, 0.29) is 6.42 Å². The summed E-state index contributed by atoms with van der Waals surface area (Å²) in [6, 6.07) is 2.59. The molecule has 0 aliphatic heterocycles. The van der Waals surface area contributed by atoms with Crippen LogP contribution in [0.5, 0.6) is 0 Å². The summed E-state index contributed by atoms with van der Waals surface area (Å²) in [5.74, 6) is -5.23. The number of nitrogens with two attached hydrogens (primary N) is 2. The number of hydrogen-bond donors (Lipinski definition) is 8. The number of aliphatic hydroxyl groups is 2. The second-order valence-corrected chi connectivity index (χ2v) is 7.34. The number of aliphatic carboxylic acids is 1. The summed E-state index contributed by atoms with van der Waals surface area (Å²) in [5, 5.41) is 34.5. The fourth-order valence-corrected chi connectivity index (χ4v) is 2.75. The third-order valence-corrected chi connectivity index (χ3v) is 4.53. The third-order valence-electron chi connectivity index (χ3n) is 4.53. The number of rotatable bonds is 13. The zero-order chi connectivity index (χ0) is 25.1. The Bertz CT molecular complexity index is 848. The highest BCUT2D eigenvalue weighted by Gasteiger charge is 2.32. The lowest BCUT2D eigenvalue weighted by atomic mass is 10.0. The van der Waals surface area contributed by atoms with Gasteiger partial charge in [0, 0.05) is 6.42 Å². The molecule has 0 saturated carbocycles. The first kappa shape index (κ1) is 27.5. The molecule has 182 valence electrons. The number of carbonyl (C=O) groups excluding carboxylic acids is 4. The van der Waals surface area contributed by atoms with Crippen LogP contribution in [0, 0.1) is 0 Å². The molecule has 4 amide bonds. The highest BCUT2D eigenvalue weighted by Crippen LogP contribution is 2.06. The van der Waals surface area contributed by atoms with Crippen molar-refractivity contribution >= 4 is 29.6 Å². The lowest BCUT2D eigenvalue weighted by molar-refractivity contribution is -0.145. The van der Waals surface area contributed by atoms with Crippen LogP contribution in [0.25, 0.3) is 0 Å². The van der Waals surface area contributed by atoms with E-state index in [4.69, 9.17) is 16.6 Å². The Kier molecular flexibility index (Phi) is 10.9.